The van der Waals surface area contributed by atoms with Gasteiger partial charge in [0.2, 0.25) is 5.91 Å². The van der Waals surface area contributed by atoms with E-state index < -0.39 is 6.04 Å². The number of aryl methyl sites for hydroxylation is 1. The minimum atomic E-state index is -0.615. The first-order valence-corrected chi connectivity index (χ1v) is 12.9. The normalized spacial score (nSPS) is 16.9. The van der Waals surface area contributed by atoms with Crippen molar-refractivity contribution in [3.63, 3.8) is 0 Å². The van der Waals surface area contributed by atoms with Crippen molar-refractivity contribution in [2.24, 2.45) is 0 Å². The van der Waals surface area contributed by atoms with Gasteiger partial charge in [0.15, 0.2) is 5.82 Å². The lowest BCUT2D eigenvalue weighted by atomic mass is 9.92. The molecule has 1 N–H and O–H groups in total. The van der Waals surface area contributed by atoms with Gasteiger partial charge in [0, 0.05) is 42.7 Å². The van der Waals surface area contributed by atoms with Gasteiger partial charge in [-0.15, -0.1) is 10.2 Å². The third kappa shape index (κ3) is 4.65. The number of hydrogen-bond acceptors (Lipinski definition) is 4. The Morgan fingerprint density at radius 1 is 0.838 bits per heavy atom. The van der Waals surface area contributed by atoms with Crippen molar-refractivity contribution < 1.29 is 9.59 Å². The van der Waals surface area contributed by atoms with Gasteiger partial charge < -0.3 is 14.8 Å². The molecule has 2 amide bonds. The van der Waals surface area contributed by atoms with Crippen molar-refractivity contribution >= 4 is 17.5 Å². The molecule has 0 aliphatic carbocycles. The molecular formula is C30H29N5O2. The maximum atomic E-state index is 13.7. The molecule has 6 rings (SSSR count). The lowest BCUT2D eigenvalue weighted by molar-refractivity contribution is -0.121. The highest BCUT2D eigenvalue weighted by Crippen LogP contribution is 2.28. The number of benzene rings is 3. The maximum Gasteiger partial charge on any atom is 0.254 e. The number of nitrogens with zero attached hydrogens (tertiary/aromatic N) is 4. The van der Waals surface area contributed by atoms with Crippen molar-refractivity contribution in [2.75, 3.05) is 5.32 Å². The Balaban J connectivity index is 1.27. The predicted octanol–water partition coefficient (Wildman–Crippen LogP) is 4.88. The van der Waals surface area contributed by atoms with Gasteiger partial charge in [-0.3, -0.25) is 9.59 Å². The zero-order chi connectivity index (χ0) is 25.2. The van der Waals surface area contributed by atoms with Gasteiger partial charge in [0.1, 0.15) is 11.9 Å². The fourth-order valence-electron chi connectivity index (χ4n) is 5.38. The molecule has 2 aliphatic heterocycles. The van der Waals surface area contributed by atoms with Crippen LogP contribution in [-0.2, 0) is 30.7 Å². The fraction of sp³-hybridized carbons (Fsp3) is 0.267. The third-order valence-electron chi connectivity index (χ3n) is 7.33. The minimum Gasteiger partial charge on any atom is -0.324 e. The van der Waals surface area contributed by atoms with Crippen LogP contribution >= 0.6 is 0 Å². The molecule has 3 heterocycles. The van der Waals surface area contributed by atoms with E-state index in [9.17, 15) is 9.59 Å². The van der Waals surface area contributed by atoms with Crippen LogP contribution in [0.25, 0.3) is 11.4 Å². The molecule has 37 heavy (non-hydrogen) atoms. The summed E-state index contributed by atoms with van der Waals surface area (Å²) >= 11 is 0. The molecule has 0 fully saturated rings. The van der Waals surface area contributed by atoms with E-state index in [1.165, 1.54) is 6.42 Å². The van der Waals surface area contributed by atoms with Gasteiger partial charge >= 0.3 is 0 Å². The van der Waals surface area contributed by atoms with Crippen LogP contribution in [0.15, 0.2) is 78.9 Å². The highest BCUT2D eigenvalue weighted by molar-refractivity contribution is 6.01. The predicted molar refractivity (Wildman–Crippen MR) is 142 cm³/mol. The number of amides is 2. The van der Waals surface area contributed by atoms with Gasteiger partial charge in [-0.05, 0) is 48.2 Å². The first-order chi connectivity index (χ1) is 18.2. The van der Waals surface area contributed by atoms with Crippen LogP contribution in [0.3, 0.4) is 0 Å². The van der Waals surface area contributed by atoms with E-state index >= 15 is 0 Å². The van der Waals surface area contributed by atoms with E-state index in [-0.39, 0.29) is 11.8 Å². The van der Waals surface area contributed by atoms with Gasteiger partial charge in [-0.25, -0.2) is 0 Å². The van der Waals surface area contributed by atoms with Crippen LogP contribution in [0.1, 0.15) is 46.6 Å². The van der Waals surface area contributed by atoms with Gasteiger partial charge in [-0.1, -0.05) is 61.0 Å². The lowest BCUT2D eigenvalue weighted by Gasteiger charge is -2.36. The molecule has 1 unspecified atom stereocenters. The van der Waals surface area contributed by atoms with E-state index in [0.717, 1.165) is 54.1 Å². The van der Waals surface area contributed by atoms with Crippen LogP contribution < -0.4 is 5.32 Å². The summed E-state index contributed by atoms with van der Waals surface area (Å²) in [6, 6.07) is 24.3. The first-order valence-electron chi connectivity index (χ1n) is 12.9. The standard InChI is InChI=1S/C30H29N5O2/c36-29(31-25-15-9-14-23(18-25)28-33-32-27-16-5-2-8-17-34(27)28)26-19-22-12-6-7-13-24(22)20-35(26)30(37)21-10-3-1-4-11-21/h1,3-4,6-7,9-15,18,26H,2,5,8,16-17,19-20H2,(H,31,36). The topological polar surface area (TPSA) is 80.1 Å². The van der Waals surface area contributed by atoms with Crippen LogP contribution in [0.4, 0.5) is 5.69 Å². The summed E-state index contributed by atoms with van der Waals surface area (Å²) in [5, 5.41) is 12.0. The Bertz CT molecular complexity index is 1450. The molecule has 1 aromatic heterocycles. The van der Waals surface area contributed by atoms with Crippen LogP contribution in [0.5, 0.6) is 0 Å². The number of carbonyl (C=O) groups is 2. The van der Waals surface area contributed by atoms with Crippen molar-refractivity contribution in [2.45, 2.75) is 51.2 Å². The first kappa shape index (κ1) is 23.2. The average molecular weight is 492 g/mol. The smallest absolute Gasteiger partial charge is 0.254 e. The third-order valence-corrected chi connectivity index (χ3v) is 7.33. The Hall–Kier alpha value is -4.26. The number of nitrogens with one attached hydrogen (secondary N) is 1. The second-order valence-electron chi connectivity index (χ2n) is 9.76. The monoisotopic (exact) mass is 491 g/mol. The van der Waals surface area contributed by atoms with Crippen molar-refractivity contribution in [3.8, 4) is 11.4 Å². The molecule has 4 aromatic rings. The molecule has 0 saturated carbocycles. The van der Waals surface area contributed by atoms with E-state index in [4.69, 9.17) is 0 Å². The second kappa shape index (κ2) is 10.0. The fourth-order valence-corrected chi connectivity index (χ4v) is 5.38. The summed E-state index contributed by atoms with van der Waals surface area (Å²) in [6.45, 7) is 1.31. The number of rotatable bonds is 4. The molecule has 7 heteroatoms. The highest BCUT2D eigenvalue weighted by atomic mass is 16.2. The SMILES string of the molecule is O=C(Nc1cccc(-c2nnc3n2CCCCC3)c1)C1Cc2ccccc2CN1C(=O)c1ccccc1. The molecule has 0 spiro atoms. The largest absolute Gasteiger partial charge is 0.324 e. The molecule has 7 nitrogen and oxygen atoms in total. The summed E-state index contributed by atoms with van der Waals surface area (Å²) in [5.74, 6) is 1.52. The van der Waals surface area contributed by atoms with E-state index in [2.05, 4.69) is 20.1 Å². The van der Waals surface area contributed by atoms with Crippen molar-refractivity contribution in [1.82, 2.24) is 19.7 Å². The highest BCUT2D eigenvalue weighted by Gasteiger charge is 2.35. The minimum absolute atomic E-state index is 0.143. The maximum absolute atomic E-state index is 13.7. The number of anilines is 1. The summed E-state index contributed by atoms with van der Waals surface area (Å²) in [5.41, 5.74) is 4.35. The molecule has 3 aromatic carbocycles. The molecule has 0 saturated heterocycles. The summed E-state index contributed by atoms with van der Waals surface area (Å²) in [4.78, 5) is 28.8. The molecule has 2 aliphatic rings. The summed E-state index contributed by atoms with van der Waals surface area (Å²) in [7, 11) is 0. The molecule has 186 valence electrons. The van der Waals surface area contributed by atoms with Crippen LogP contribution in [0.2, 0.25) is 0 Å². The molecule has 0 bridgehead atoms. The van der Waals surface area contributed by atoms with Crippen molar-refractivity contribution in [3.05, 3.63) is 101 Å². The summed E-state index contributed by atoms with van der Waals surface area (Å²) < 4.78 is 2.20. The molecule has 0 radical (unpaired) electrons. The molecular weight excluding hydrogens is 462 g/mol. The Morgan fingerprint density at radius 3 is 2.51 bits per heavy atom. The van der Waals surface area contributed by atoms with Gasteiger partial charge in [0.05, 0.1) is 0 Å². The number of aromatic nitrogens is 3. The second-order valence-corrected chi connectivity index (χ2v) is 9.76. The number of hydrogen-bond donors (Lipinski definition) is 1. The van der Waals surface area contributed by atoms with Crippen molar-refractivity contribution in [1.29, 1.82) is 0 Å². The average Bonchev–Trinajstić information content (AvgIpc) is 3.20. The van der Waals surface area contributed by atoms with Gasteiger partial charge in [-0.2, -0.15) is 0 Å². The van der Waals surface area contributed by atoms with E-state index in [1.54, 1.807) is 17.0 Å². The van der Waals surface area contributed by atoms with E-state index in [1.807, 2.05) is 66.7 Å². The zero-order valence-corrected chi connectivity index (χ0v) is 20.6. The van der Waals surface area contributed by atoms with Crippen LogP contribution in [-0.4, -0.2) is 37.5 Å². The lowest BCUT2D eigenvalue weighted by Crippen LogP contribution is -2.50. The van der Waals surface area contributed by atoms with Gasteiger partial charge in [0.25, 0.3) is 5.91 Å². The zero-order valence-electron chi connectivity index (χ0n) is 20.6. The Morgan fingerprint density at radius 2 is 1.65 bits per heavy atom. The summed E-state index contributed by atoms with van der Waals surface area (Å²) in [6.07, 6.45) is 4.86. The quantitative estimate of drug-likeness (QED) is 0.441. The Labute approximate surface area is 216 Å². The molecule has 1 atom stereocenters. The van der Waals surface area contributed by atoms with Crippen LogP contribution in [0, 0.1) is 0 Å². The number of carbonyl (C=O) groups excluding carboxylic acids is 2. The number of fused-ring (bicyclic) bond motifs is 2. The van der Waals surface area contributed by atoms with E-state index in [0.29, 0.717) is 24.2 Å². The Kier molecular flexibility index (Phi) is 6.26.